The zero-order valence-electron chi connectivity index (χ0n) is 10.3. The fourth-order valence-electron chi connectivity index (χ4n) is 1.60. The molecular formula is C11H21N3OS. The molecule has 4 nitrogen and oxygen atoms in total. The fourth-order valence-corrected chi connectivity index (χ4v) is 2.15. The van der Waals surface area contributed by atoms with Crippen molar-refractivity contribution in [1.82, 2.24) is 9.88 Å². The average molecular weight is 243 g/mol. The van der Waals surface area contributed by atoms with Crippen LogP contribution in [0.3, 0.4) is 0 Å². The van der Waals surface area contributed by atoms with Crippen molar-refractivity contribution in [2.75, 3.05) is 32.5 Å². The standard InChI is InChI=1S/C11H21N3OS/c1-9(2)6-14(4-5-15-3)7-10-8-16-11(12)13-10/h8-9H,4-7H2,1-3H3,(H2,12,13). The molecule has 1 aromatic heterocycles. The molecule has 0 saturated carbocycles. The van der Waals surface area contributed by atoms with E-state index in [9.17, 15) is 0 Å². The number of thiazole rings is 1. The summed E-state index contributed by atoms with van der Waals surface area (Å²) in [6.45, 7) is 8.04. The number of hydrogen-bond acceptors (Lipinski definition) is 5. The molecule has 0 aliphatic carbocycles. The first-order valence-corrected chi connectivity index (χ1v) is 6.41. The van der Waals surface area contributed by atoms with Gasteiger partial charge in [0.1, 0.15) is 0 Å². The molecule has 2 N–H and O–H groups in total. The Morgan fingerprint density at radius 2 is 2.31 bits per heavy atom. The van der Waals surface area contributed by atoms with Crippen LogP contribution in [-0.4, -0.2) is 36.7 Å². The lowest BCUT2D eigenvalue weighted by molar-refractivity contribution is 0.135. The summed E-state index contributed by atoms with van der Waals surface area (Å²) in [5.41, 5.74) is 6.67. The summed E-state index contributed by atoms with van der Waals surface area (Å²) in [7, 11) is 1.73. The van der Waals surface area contributed by atoms with Gasteiger partial charge < -0.3 is 10.5 Å². The van der Waals surface area contributed by atoms with Crippen molar-refractivity contribution in [2.24, 2.45) is 5.92 Å². The summed E-state index contributed by atoms with van der Waals surface area (Å²) in [5, 5.41) is 2.67. The van der Waals surface area contributed by atoms with Crippen LogP contribution in [0.2, 0.25) is 0 Å². The van der Waals surface area contributed by atoms with Gasteiger partial charge in [-0.05, 0) is 5.92 Å². The van der Waals surface area contributed by atoms with E-state index in [0.717, 1.165) is 31.9 Å². The molecule has 0 aliphatic heterocycles. The zero-order chi connectivity index (χ0) is 12.0. The van der Waals surface area contributed by atoms with Crippen molar-refractivity contribution < 1.29 is 4.74 Å². The number of ether oxygens (including phenoxy) is 1. The molecule has 1 aromatic rings. The summed E-state index contributed by atoms with van der Waals surface area (Å²) in [6, 6.07) is 0. The minimum absolute atomic E-state index is 0.645. The van der Waals surface area contributed by atoms with Crippen molar-refractivity contribution in [3.05, 3.63) is 11.1 Å². The molecule has 0 radical (unpaired) electrons. The summed E-state index contributed by atoms with van der Waals surface area (Å²) in [4.78, 5) is 6.63. The maximum atomic E-state index is 5.62. The number of nitrogens with zero attached hydrogens (tertiary/aromatic N) is 2. The van der Waals surface area contributed by atoms with E-state index >= 15 is 0 Å². The van der Waals surface area contributed by atoms with E-state index in [1.807, 2.05) is 5.38 Å². The number of nitrogen functional groups attached to an aromatic ring is 1. The topological polar surface area (TPSA) is 51.4 Å². The van der Waals surface area contributed by atoms with Crippen molar-refractivity contribution in [3.63, 3.8) is 0 Å². The monoisotopic (exact) mass is 243 g/mol. The first-order chi connectivity index (χ1) is 7.61. The molecule has 16 heavy (non-hydrogen) atoms. The third-order valence-electron chi connectivity index (χ3n) is 2.19. The van der Waals surface area contributed by atoms with Crippen LogP contribution in [0.15, 0.2) is 5.38 Å². The molecular weight excluding hydrogens is 222 g/mol. The van der Waals surface area contributed by atoms with Crippen LogP contribution in [0, 0.1) is 5.92 Å². The quantitative estimate of drug-likeness (QED) is 0.794. The molecule has 0 fully saturated rings. The van der Waals surface area contributed by atoms with Crippen LogP contribution in [0.1, 0.15) is 19.5 Å². The van der Waals surface area contributed by atoms with Gasteiger partial charge in [0.15, 0.2) is 5.13 Å². The third kappa shape index (κ3) is 4.92. The maximum absolute atomic E-state index is 5.62. The maximum Gasteiger partial charge on any atom is 0.180 e. The van der Waals surface area contributed by atoms with Crippen molar-refractivity contribution >= 4 is 16.5 Å². The highest BCUT2D eigenvalue weighted by Crippen LogP contribution is 2.13. The van der Waals surface area contributed by atoms with Crippen LogP contribution < -0.4 is 5.73 Å². The molecule has 0 amide bonds. The van der Waals surface area contributed by atoms with Gasteiger partial charge >= 0.3 is 0 Å². The van der Waals surface area contributed by atoms with Gasteiger partial charge in [-0.3, -0.25) is 4.90 Å². The van der Waals surface area contributed by atoms with Crippen LogP contribution in [0.5, 0.6) is 0 Å². The summed E-state index contributed by atoms with van der Waals surface area (Å²) < 4.78 is 5.11. The fraction of sp³-hybridized carbons (Fsp3) is 0.727. The van der Waals surface area contributed by atoms with Gasteiger partial charge in [-0.2, -0.15) is 0 Å². The van der Waals surface area contributed by atoms with Gasteiger partial charge in [0.05, 0.1) is 12.3 Å². The highest BCUT2D eigenvalue weighted by Gasteiger charge is 2.09. The SMILES string of the molecule is COCCN(Cc1csc(N)n1)CC(C)C. The number of anilines is 1. The molecule has 0 unspecified atom stereocenters. The lowest BCUT2D eigenvalue weighted by Gasteiger charge is -2.22. The van der Waals surface area contributed by atoms with Crippen LogP contribution >= 0.6 is 11.3 Å². The molecule has 92 valence electrons. The van der Waals surface area contributed by atoms with E-state index < -0.39 is 0 Å². The summed E-state index contributed by atoms with van der Waals surface area (Å²) in [6.07, 6.45) is 0. The van der Waals surface area contributed by atoms with E-state index in [-0.39, 0.29) is 0 Å². The Bertz CT molecular complexity index is 301. The Hall–Kier alpha value is -0.650. The smallest absolute Gasteiger partial charge is 0.180 e. The van der Waals surface area contributed by atoms with Gasteiger partial charge in [0.25, 0.3) is 0 Å². The summed E-state index contributed by atoms with van der Waals surface area (Å²) in [5.74, 6) is 0.646. The molecule has 1 rings (SSSR count). The molecule has 0 atom stereocenters. The Morgan fingerprint density at radius 1 is 1.56 bits per heavy atom. The summed E-state index contributed by atoms with van der Waals surface area (Å²) >= 11 is 1.50. The van der Waals surface area contributed by atoms with Gasteiger partial charge in [0.2, 0.25) is 0 Å². The lowest BCUT2D eigenvalue weighted by Crippen LogP contribution is -2.30. The Kier molecular flexibility index (Phi) is 5.73. The second kappa shape index (κ2) is 6.83. The van der Waals surface area contributed by atoms with E-state index in [0.29, 0.717) is 11.0 Å². The Morgan fingerprint density at radius 3 is 2.81 bits per heavy atom. The number of hydrogen-bond donors (Lipinski definition) is 1. The van der Waals surface area contributed by atoms with Crippen molar-refractivity contribution in [3.8, 4) is 0 Å². The molecule has 0 bridgehead atoms. The highest BCUT2D eigenvalue weighted by molar-refractivity contribution is 7.13. The van der Waals surface area contributed by atoms with Crippen LogP contribution in [0.25, 0.3) is 0 Å². The Balaban J connectivity index is 2.48. The normalized spacial score (nSPS) is 11.6. The molecule has 1 heterocycles. The second-order valence-electron chi connectivity index (χ2n) is 4.30. The number of aromatic nitrogens is 1. The average Bonchev–Trinajstić information content (AvgIpc) is 2.59. The second-order valence-corrected chi connectivity index (χ2v) is 5.19. The van der Waals surface area contributed by atoms with E-state index in [2.05, 4.69) is 23.7 Å². The minimum atomic E-state index is 0.645. The van der Waals surface area contributed by atoms with Crippen molar-refractivity contribution in [2.45, 2.75) is 20.4 Å². The number of methoxy groups -OCH3 is 1. The predicted octanol–water partition coefficient (Wildman–Crippen LogP) is 1.83. The van der Waals surface area contributed by atoms with Crippen LogP contribution in [-0.2, 0) is 11.3 Å². The number of rotatable bonds is 7. The molecule has 0 saturated heterocycles. The minimum Gasteiger partial charge on any atom is -0.383 e. The van der Waals surface area contributed by atoms with E-state index in [1.54, 1.807) is 7.11 Å². The van der Waals surface area contributed by atoms with Crippen LogP contribution in [0.4, 0.5) is 5.13 Å². The van der Waals surface area contributed by atoms with E-state index in [1.165, 1.54) is 11.3 Å². The van der Waals surface area contributed by atoms with Gasteiger partial charge in [-0.1, -0.05) is 13.8 Å². The Labute approximate surface area is 101 Å². The van der Waals surface area contributed by atoms with E-state index in [4.69, 9.17) is 10.5 Å². The highest BCUT2D eigenvalue weighted by atomic mass is 32.1. The number of nitrogens with two attached hydrogens (primary N) is 1. The van der Waals surface area contributed by atoms with Gasteiger partial charge in [-0.15, -0.1) is 11.3 Å². The third-order valence-corrected chi connectivity index (χ3v) is 2.91. The van der Waals surface area contributed by atoms with Gasteiger partial charge in [-0.25, -0.2) is 4.98 Å². The molecule has 0 aromatic carbocycles. The molecule has 5 heteroatoms. The first-order valence-electron chi connectivity index (χ1n) is 5.53. The largest absolute Gasteiger partial charge is 0.383 e. The van der Waals surface area contributed by atoms with Gasteiger partial charge in [0, 0.05) is 32.1 Å². The lowest BCUT2D eigenvalue weighted by atomic mass is 10.2. The zero-order valence-corrected chi connectivity index (χ0v) is 11.1. The van der Waals surface area contributed by atoms with Crippen molar-refractivity contribution in [1.29, 1.82) is 0 Å². The molecule has 0 aliphatic rings. The molecule has 0 spiro atoms. The first kappa shape index (κ1) is 13.4. The predicted molar refractivity (Wildman–Crippen MR) is 68.5 cm³/mol.